The van der Waals surface area contributed by atoms with E-state index in [4.69, 9.17) is 5.11 Å². The highest BCUT2D eigenvalue weighted by Gasteiger charge is 2.25. The van der Waals surface area contributed by atoms with Crippen molar-refractivity contribution in [3.63, 3.8) is 0 Å². The van der Waals surface area contributed by atoms with E-state index < -0.39 is 11.8 Å². The van der Waals surface area contributed by atoms with Crippen molar-refractivity contribution in [2.45, 2.75) is 45.1 Å². The average molecular weight is 242 g/mol. The van der Waals surface area contributed by atoms with Crippen molar-refractivity contribution in [1.29, 1.82) is 0 Å². The molecular formula is C12H22N2O3. The van der Waals surface area contributed by atoms with E-state index in [-0.39, 0.29) is 12.6 Å². The molecule has 5 heteroatoms. The van der Waals surface area contributed by atoms with Crippen LogP contribution in [0.4, 0.5) is 0 Å². The lowest BCUT2D eigenvalue weighted by atomic mass is 9.86. The van der Waals surface area contributed by atoms with Crippen molar-refractivity contribution in [1.82, 2.24) is 10.6 Å². The van der Waals surface area contributed by atoms with Crippen LogP contribution in [0.15, 0.2) is 0 Å². The summed E-state index contributed by atoms with van der Waals surface area (Å²) in [6, 6.07) is 0.125. The van der Waals surface area contributed by atoms with Crippen LogP contribution in [0, 0.1) is 5.92 Å². The van der Waals surface area contributed by atoms with E-state index in [1.54, 1.807) is 0 Å². The lowest BCUT2D eigenvalue weighted by Crippen LogP contribution is -2.47. The Morgan fingerprint density at radius 2 is 1.94 bits per heavy atom. The maximum Gasteiger partial charge on any atom is 0.309 e. The molecule has 2 atom stereocenters. The van der Waals surface area contributed by atoms with Gasteiger partial charge in [-0.1, -0.05) is 19.8 Å². The van der Waals surface area contributed by atoms with Crippen LogP contribution in [0.1, 0.15) is 39.0 Å². The highest BCUT2D eigenvalue weighted by Crippen LogP contribution is 2.23. The molecule has 0 unspecified atom stereocenters. The molecule has 17 heavy (non-hydrogen) atoms. The van der Waals surface area contributed by atoms with Gasteiger partial charge in [-0.25, -0.2) is 0 Å². The maximum absolute atomic E-state index is 11.6. The first-order valence-electron chi connectivity index (χ1n) is 6.34. The third-order valence-electron chi connectivity index (χ3n) is 3.25. The first kappa shape index (κ1) is 14.0. The van der Waals surface area contributed by atoms with Crippen LogP contribution in [0.2, 0.25) is 0 Å². The van der Waals surface area contributed by atoms with Crippen LogP contribution in [0.25, 0.3) is 0 Å². The number of nitrogens with one attached hydrogen (secondary N) is 2. The van der Waals surface area contributed by atoms with E-state index in [1.165, 1.54) is 6.42 Å². The van der Waals surface area contributed by atoms with Crippen LogP contribution >= 0.6 is 0 Å². The Labute approximate surface area is 102 Å². The van der Waals surface area contributed by atoms with Gasteiger partial charge in [0.05, 0.1) is 0 Å². The van der Waals surface area contributed by atoms with Gasteiger partial charge < -0.3 is 15.7 Å². The number of aliphatic hydroxyl groups excluding tert-OH is 1. The van der Waals surface area contributed by atoms with Crippen molar-refractivity contribution in [3.8, 4) is 0 Å². The molecule has 98 valence electrons. The second-order valence-corrected chi connectivity index (χ2v) is 4.67. The third kappa shape index (κ3) is 4.73. The van der Waals surface area contributed by atoms with E-state index in [9.17, 15) is 9.59 Å². The van der Waals surface area contributed by atoms with Gasteiger partial charge in [-0.05, 0) is 25.2 Å². The van der Waals surface area contributed by atoms with Crippen molar-refractivity contribution in [3.05, 3.63) is 0 Å². The van der Waals surface area contributed by atoms with Crippen molar-refractivity contribution in [2.24, 2.45) is 5.92 Å². The first-order chi connectivity index (χ1) is 8.15. The molecule has 0 spiro atoms. The molecule has 0 aromatic heterocycles. The molecule has 0 aliphatic heterocycles. The summed E-state index contributed by atoms with van der Waals surface area (Å²) in [6.45, 7) is 2.46. The smallest absolute Gasteiger partial charge is 0.309 e. The molecule has 0 radical (unpaired) electrons. The fourth-order valence-electron chi connectivity index (χ4n) is 2.13. The second kappa shape index (κ2) is 7.27. The Bertz CT molecular complexity index is 268. The fourth-order valence-corrected chi connectivity index (χ4v) is 2.13. The zero-order valence-electron chi connectivity index (χ0n) is 10.4. The van der Waals surface area contributed by atoms with E-state index in [0.717, 1.165) is 19.3 Å². The zero-order chi connectivity index (χ0) is 12.7. The largest absolute Gasteiger partial charge is 0.396 e. The molecule has 0 aromatic rings. The number of hydrogen-bond donors (Lipinski definition) is 3. The average Bonchev–Trinajstić information content (AvgIpc) is 2.32. The van der Waals surface area contributed by atoms with Gasteiger partial charge >= 0.3 is 11.8 Å². The highest BCUT2D eigenvalue weighted by molar-refractivity contribution is 6.35. The van der Waals surface area contributed by atoms with E-state index in [0.29, 0.717) is 18.9 Å². The third-order valence-corrected chi connectivity index (χ3v) is 3.25. The van der Waals surface area contributed by atoms with Gasteiger partial charge in [0.2, 0.25) is 0 Å². The van der Waals surface area contributed by atoms with E-state index in [1.807, 2.05) is 0 Å². The molecule has 0 saturated heterocycles. The predicted octanol–water partition coefficient (Wildman–Crippen LogP) is 0.180. The summed E-state index contributed by atoms with van der Waals surface area (Å²) in [6.07, 6.45) is 4.85. The summed E-state index contributed by atoms with van der Waals surface area (Å²) in [5.41, 5.74) is 0. The molecule has 1 aliphatic carbocycles. The minimum atomic E-state index is -0.601. The highest BCUT2D eigenvalue weighted by atomic mass is 16.3. The Kier molecular flexibility index (Phi) is 5.97. The second-order valence-electron chi connectivity index (χ2n) is 4.67. The predicted molar refractivity (Wildman–Crippen MR) is 64.3 cm³/mol. The summed E-state index contributed by atoms with van der Waals surface area (Å²) >= 11 is 0. The summed E-state index contributed by atoms with van der Waals surface area (Å²) < 4.78 is 0. The van der Waals surface area contributed by atoms with Gasteiger partial charge in [0.15, 0.2) is 0 Å². The van der Waals surface area contributed by atoms with Gasteiger partial charge in [0.25, 0.3) is 0 Å². The summed E-state index contributed by atoms with van der Waals surface area (Å²) in [7, 11) is 0. The molecule has 3 N–H and O–H groups in total. The molecule has 1 fully saturated rings. The van der Waals surface area contributed by atoms with Gasteiger partial charge in [-0.2, -0.15) is 0 Å². The molecule has 1 rings (SSSR count). The number of carbonyl (C=O) groups is 2. The lowest BCUT2D eigenvalue weighted by molar-refractivity contribution is -0.140. The van der Waals surface area contributed by atoms with Crippen molar-refractivity contribution in [2.75, 3.05) is 13.2 Å². The van der Waals surface area contributed by atoms with Crippen LogP contribution in [0.5, 0.6) is 0 Å². The van der Waals surface area contributed by atoms with Crippen molar-refractivity contribution >= 4 is 11.8 Å². The first-order valence-corrected chi connectivity index (χ1v) is 6.34. The normalized spacial score (nSPS) is 24.1. The molecule has 1 saturated carbocycles. The summed E-state index contributed by atoms with van der Waals surface area (Å²) in [5.74, 6) is -0.712. The minimum absolute atomic E-state index is 0.0154. The van der Waals surface area contributed by atoms with Crippen LogP contribution in [-0.2, 0) is 9.59 Å². The van der Waals surface area contributed by atoms with Gasteiger partial charge in [0.1, 0.15) is 0 Å². The maximum atomic E-state index is 11.6. The Hall–Kier alpha value is -1.10. The molecule has 0 aromatic carbocycles. The SMILES string of the molecule is C[C@H]1CCCC[C@@H]1NC(=O)C(=O)NCCCO. The Morgan fingerprint density at radius 3 is 2.59 bits per heavy atom. The monoisotopic (exact) mass is 242 g/mol. The standard InChI is InChI=1S/C12H22N2O3/c1-9-5-2-3-6-10(9)14-12(17)11(16)13-7-4-8-15/h9-10,15H,2-8H2,1H3,(H,13,16)(H,14,17)/t9-,10-/m0/s1. The number of hydrogen-bond acceptors (Lipinski definition) is 3. The molecular weight excluding hydrogens is 220 g/mol. The molecule has 1 aliphatic rings. The summed E-state index contributed by atoms with van der Waals surface area (Å²) in [4.78, 5) is 23.0. The van der Waals surface area contributed by atoms with Crippen LogP contribution in [-0.4, -0.2) is 36.1 Å². The number of rotatable bonds is 4. The number of aliphatic hydroxyl groups is 1. The fraction of sp³-hybridized carbons (Fsp3) is 0.833. The number of amides is 2. The quantitative estimate of drug-likeness (QED) is 0.486. The Balaban J connectivity index is 2.29. The van der Waals surface area contributed by atoms with Gasteiger partial charge in [-0.15, -0.1) is 0 Å². The van der Waals surface area contributed by atoms with E-state index >= 15 is 0 Å². The topological polar surface area (TPSA) is 78.4 Å². The van der Waals surface area contributed by atoms with E-state index in [2.05, 4.69) is 17.6 Å². The van der Waals surface area contributed by atoms with Crippen LogP contribution in [0.3, 0.4) is 0 Å². The van der Waals surface area contributed by atoms with Gasteiger partial charge in [0, 0.05) is 19.2 Å². The summed E-state index contributed by atoms with van der Waals surface area (Å²) in [5, 5.41) is 13.8. The molecule has 0 heterocycles. The van der Waals surface area contributed by atoms with Crippen molar-refractivity contribution < 1.29 is 14.7 Å². The molecule has 5 nitrogen and oxygen atoms in total. The Morgan fingerprint density at radius 1 is 1.24 bits per heavy atom. The zero-order valence-corrected chi connectivity index (χ0v) is 10.4. The minimum Gasteiger partial charge on any atom is -0.396 e. The lowest BCUT2D eigenvalue weighted by Gasteiger charge is -2.29. The number of carbonyl (C=O) groups excluding carboxylic acids is 2. The molecule has 0 bridgehead atoms. The van der Waals surface area contributed by atoms with Crippen LogP contribution < -0.4 is 10.6 Å². The van der Waals surface area contributed by atoms with Gasteiger partial charge in [-0.3, -0.25) is 9.59 Å². The molecule has 2 amide bonds.